The Balaban J connectivity index is 1.91. The van der Waals surface area contributed by atoms with Crippen molar-refractivity contribution in [3.8, 4) is 16.4 Å². The first-order valence-corrected chi connectivity index (χ1v) is 8.48. The molecule has 0 amide bonds. The second-order valence-electron chi connectivity index (χ2n) is 5.39. The van der Waals surface area contributed by atoms with Gasteiger partial charge in [-0.05, 0) is 19.1 Å². The second-order valence-corrected chi connectivity index (χ2v) is 6.67. The molecule has 1 aromatic carbocycles. The number of rotatable bonds is 2. The number of fused-ring (bicyclic) bond motifs is 1. The van der Waals surface area contributed by atoms with E-state index >= 15 is 0 Å². The first-order chi connectivity index (χ1) is 10.7. The van der Waals surface area contributed by atoms with E-state index in [0.29, 0.717) is 0 Å². The zero-order valence-electron chi connectivity index (χ0n) is 12.1. The summed E-state index contributed by atoms with van der Waals surface area (Å²) >= 11 is 7.77. The van der Waals surface area contributed by atoms with Gasteiger partial charge in [0.25, 0.3) is 0 Å². The Bertz CT molecular complexity index is 837. The number of aromatic nitrogens is 3. The summed E-state index contributed by atoms with van der Waals surface area (Å²) in [5.74, 6) is 0. The summed E-state index contributed by atoms with van der Waals surface area (Å²) in [6.45, 7) is 3.81. The summed E-state index contributed by atoms with van der Waals surface area (Å²) in [5.41, 5.74) is 5.59. The van der Waals surface area contributed by atoms with Crippen LogP contribution in [0, 0.1) is 6.92 Å². The molecule has 1 N–H and O–H groups in total. The van der Waals surface area contributed by atoms with E-state index in [4.69, 9.17) is 16.7 Å². The predicted molar refractivity (Wildman–Crippen MR) is 89.8 cm³/mol. The van der Waals surface area contributed by atoms with Gasteiger partial charge in [-0.1, -0.05) is 23.7 Å². The van der Waals surface area contributed by atoms with Gasteiger partial charge in [0.2, 0.25) is 5.13 Å². The van der Waals surface area contributed by atoms with Gasteiger partial charge in [-0.2, -0.15) is 5.10 Å². The first-order valence-electron chi connectivity index (χ1n) is 7.22. The molecule has 3 aromatic rings. The SMILES string of the molecule is Cc1csc(-n2nc(-c3cccc(Cl)c3)c3c2CCNC3)n1. The Morgan fingerprint density at radius 1 is 1.36 bits per heavy atom. The van der Waals surface area contributed by atoms with Crippen molar-refractivity contribution < 1.29 is 0 Å². The monoisotopic (exact) mass is 330 g/mol. The van der Waals surface area contributed by atoms with Gasteiger partial charge in [-0.15, -0.1) is 11.3 Å². The highest BCUT2D eigenvalue weighted by molar-refractivity contribution is 7.12. The zero-order chi connectivity index (χ0) is 15.1. The second kappa shape index (κ2) is 5.50. The number of hydrogen-bond acceptors (Lipinski definition) is 4. The Morgan fingerprint density at radius 3 is 3.05 bits per heavy atom. The molecular weight excluding hydrogens is 316 g/mol. The van der Waals surface area contributed by atoms with Gasteiger partial charge in [-0.25, -0.2) is 9.67 Å². The average molecular weight is 331 g/mol. The van der Waals surface area contributed by atoms with Gasteiger partial charge in [0.1, 0.15) is 0 Å². The number of halogens is 1. The fraction of sp³-hybridized carbons (Fsp3) is 0.250. The zero-order valence-corrected chi connectivity index (χ0v) is 13.7. The van der Waals surface area contributed by atoms with Crippen molar-refractivity contribution in [1.82, 2.24) is 20.1 Å². The maximum absolute atomic E-state index is 6.14. The maximum atomic E-state index is 6.14. The molecule has 0 spiro atoms. The molecule has 0 atom stereocenters. The molecule has 112 valence electrons. The fourth-order valence-corrected chi connectivity index (χ4v) is 3.78. The Labute approximate surface area is 137 Å². The lowest BCUT2D eigenvalue weighted by atomic mass is 10.0. The van der Waals surface area contributed by atoms with E-state index in [1.54, 1.807) is 11.3 Å². The van der Waals surface area contributed by atoms with Gasteiger partial charge in [0.15, 0.2) is 0 Å². The molecule has 0 saturated carbocycles. The van der Waals surface area contributed by atoms with E-state index in [1.807, 2.05) is 29.8 Å². The Morgan fingerprint density at radius 2 is 2.27 bits per heavy atom. The lowest BCUT2D eigenvalue weighted by Crippen LogP contribution is -2.24. The highest BCUT2D eigenvalue weighted by atomic mass is 35.5. The normalized spacial score (nSPS) is 14.1. The lowest BCUT2D eigenvalue weighted by molar-refractivity contribution is 0.622. The largest absolute Gasteiger partial charge is 0.312 e. The van der Waals surface area contributed by atoms with E-state index in [2.05, 4.69) is 21.7 Å². The standard InChI is InChI=1S/C16H15ClN4S/c1-10-9-22-16(19-10)21-14-5-6-18-8-13(14)15(20-21)11-3-2-4-12(17)7-11/h2-4,7,9,18H,5-6,8H2,1H3. The number of nitrogens with one attached hydrogen (secondary N) is 1. The molecule has 3 heterocycles. The van der Waals surface area contributed by atoms with E-state index in [0.717, 1.165) is 46.6 Å². The minimum Gasteiger partial charge on any atom is -0.312 e. The topological polar surface area (TPSA) is 42.7 Å². The third-order valence-corrected chi connectivity index (χ3v) is 4.99. The molecule has 6 heteroatoms. The highest BCUT2D eigenvalue weighted by Crippen LogP contribution is 2.31. The Kier molecular flexibility index (Phi) is 3.48. The fourth-order valence-electron chi connectivity index (χ4n) is 2.81. The van der Waals surface area contributed by atoms with Crippen LogP contribution >= 0.6 is 22.9 Å². The highest BCUT2D eigenvalue weighted by Gasteiger charge is 2.23. The first kappa shape index (κ1) is 13.9. The summed E-state index contributed by atoms with van der Waals surface area (Å²) in [6, 6.07) is 7.88. The average Bonchev–Trinajstić information content (AvgIpc) is 3.11. The molecule has 0 bridgehead atoms. The van der Waals surface area contributed by atoms with Crippen molar-refractivity contribution in [1.29, 1.82) is 0 Å². The molecule has 1 aliphatic rings. The number of nitrogens with zero attached hydrogens (tertiary/aromatic N) is 3. The van der Waals surface area contributed by atoms with Crippen LogP contribution in [0.2, 0.25) is 5.02 Å². The van der Waals surface area contributed by atoms with Crippen LogP contribution in [-0.2, 0) is 13.0 Å². The van der Waals surface area contributed by atoms with Crippen molar-refractivity contribution >= 4 is 22.9 Å². The van der Waals surface area contributed by atoms with E-state index < -0.39 is 0 Å². The summed E-state index contributed by atoms with van der Waals surface area (Å²) in [6.07, 6.45) is 0.960. The minimum atomic E-state index is 0.731. The third-order valence-electron chi connectivity index (χ3n) is 3.82. The van der Waals surface area contributed by atoms with E-state index in [1.165, 1.54) is 11.3 Å². The molecule has 4 nitrogen and oxygen atoms in total. The molecule has 0 unspecified atom stereocenters. The minimum absolute atomic E-state index is 0.731. The van der Waals surface area contributed by atoms with Crippen molar-refractivity contribution in [2.45, 2.75) is 19.9 Å². The number of aryl methyl sites for hydroxylation is 1. The quantitative estimate of drug-likeness (QED) is 0.780. The molecule has 4 rings (SSSR count). The summed E-state index contributed by atoms with van der Waals surface area (Å²) in [7, 11) is 0. The Hall–Kier alpha value is -1.69. The van der Waals surface area contributed by atoms with Gasteiger partial charge in [-0.3, -0.25) is 0 Å². The number of thiazole rings is 1. The van der Waals surface area contributed by atoms with Crippen LogP contribution in [0.25, 0.3) is 16.4 Å². The van der Waals surface area contributed by atoms with Crippen molar-refractivity contribution in [3.63, 3.8) is 0 Å². The van der Waals surface area contributed by atoms with Crippen molar-refractivity contribution in [2.24, 2.45) is 0 Å². The molecule has 1 aliphatic heterocycles. The molecule has 2 aromatic heterocycles. The molecule has 0 saturated heterocycles. The van der Waals surface area contributed by atoms with Crippen LogP contribution in [0.5, 0.6) is 0 Å². The summed E-state index contributed by atoms with van der Waals surface area (Å²) in [5, 5.41) is 12.0. The smallest absolute Gasteiger partial charge is 0.210 e. The maximum Gasteiger partial charge on any atom is 0.210 e. The van der Waals surface area contributed by atoms with Crippen molar-refractivity contribution in [3.05, 3.63) is 51.6 Å². The van der Waals surface area contributed by atoms with Crippen LogP contribution in [-0.4, -0.2) is 21.3 Å². The summed E-state index contributed by atoms with van der Waals surface area (Å²) in [4.78, 5) is 4.59. The molecule has 0 radical (unpaired) electrons. The number of benzene rings is 1. The summed E-state index contributed by atoms with van der Waals surface area (Å²) < 4.78 is 2.00. The van der Waals surface area contributed by atoms with Gasteiger partial charge in [0, 0.05) is 41.0 Å². The lowest BCUT2D eigenvalue weighted by Gasteiger charge is -2.14. The van der Waals surface area contributed by atoms with Crippen LogP contribution in [0.4, 0.5) is 0 Å². The third kappa shape index (κ3) is 2.35. The van der Waals surface area contributed by atoms with Crippen molar-refractivity contribution in [2.75, 3.05) is 6.54 Å². The van der Waals surface area contributed by atoms with Gasteiger partial charge < -0.3 is 5.32 Å². The predicted octanol–water partition coefficient (Wildman–Crippen LogP) is 3.60. The van der Waals surface area contributed by atoms with Gasteiger partial charge >= 0.3 is 0 Å². The molecule has 22 heavy (non-hydrogen) atoms. The van der Waals surface area contributed by atoms with Gasteiger partial charge in [0.05, 0.1) is 17.1 Å². The molecule has 0 aliphatic carbocycles. The van der Waals surface area contributed by atoms with E-state index in [-0.39, 0.29) is 0 Å². The van der Waals surface area contributed by atoms with Crippen LogP contribution in [0.1, 0.15) is 17.0 Å². The van der Waals surface area contributed by atoms with Crippen LogP contribution in [0.15, 0.2) is 29.6 Å². The molecular formula is C16H15ClN4S. The molecule has 0 fully saturated rings. The van der Waals surface area contributed by atoms with E-state index in [9.17, 15) is 0 Å². The number of hydrogen-bond donors (Lipinski definition) is 1. The van der Waals surface area contributed by atoms with Crippen LogP contribution in [0.3, 0.4) is 0 Å². The van der Waals surface area contributed by atoms with Crippen LogP contribution < -0.4 is 5.32 Å².